The van der Waals surface area contributed by atoms with Crippen molar-refractivity contribution in [3.8, 4) is 0 Å². The Bertz CT molecular complexity index is 905. The SMILES string of the molecule is Cc1nn(C)c2c1C(NC(=O)Cn1cc(C)c(=O)[nH]c1=O)CCC2. The molecule has 1 aliphatic rings. The fourth-order valence-electron chi connectivity index (χ4n) is 3.37. The van der Waals surface area contributed by atoms with Gasteiger partial charge in [-0.25, -0.2) is 4.79 Å². The van der Waals surface area contributed by atoms with Gasteiger partial charge in [0.1, 0.15) is 6.54 Å². The zero-order chi connectivity index (χ0) is 17.4. The fraction of sp³-hybridized carbons (Fsp3) is 0.500. The maximum Gasteiger partial charge on any atom is 0.328 e. The Balaban J connectivity index is 1.79. The van der Waals surface area contributed by atoms with Crippen LogP contribution in [-0.2, 0) is 24.8 Å². The van der Waals surface area contributed by atoms with Gasteiger partial charge in [0.15, 0.2) is 0 Å². The largest absolute Gasteiger partial charge is 0.348 e. The molecule has 24 heavy (non-hydrogen) atoms. The molecular weight excluding hydrogens is 310 g/mol. The van der Waals surface area contributed by atoms with Gasteiger partial charge in [-0.1, -0.05) is 0 Å². The number of aromatic amines is 1. The van der Waals surface area contributed by atoms with Gasteiger partial charge in [0.05, 0.1) is 11.7 Å². The first-order chi connectivity index (χ1) is 11.4. The van der Waals surface area contributed by atoms with Crippen molar-refractivity contribution in [1.29, 1.82) is 0 Å². The van der Waals surface area contributed by atoms with Gasteiger partial charge in [-0.05, 0) is 33.1 Å². The van der Waals surface area contributed by atoms with E-state index < -0.39 is 11.2 Å². The van der Waals surface area contributed by atoms with Crippen LogP contribution in [-0.4, -0.2) is 25.2 Å². The molecule has 3 rings (SSSR count). The highest BCUT2D eigenvalue weighted by atomic mass is 16.2. The van der Waals surface area contributed by atoms with E-state index in [1.54, 1.807) is 6.92 Å². The van der Waals surface area contributed by atoms with E-state index in [0.717, 1.165) is 36.2 Å². The molecule has 1 aliphatic carbocycles. The average Bonchev–Trinajstić information content (AvgIpc) is 2.80. The Morgan fingerprint density at radius 1 is 1.42 bits per heavy atom. The normalized spacial score (nSPS) is 16.7. The van der Waals surface area contributed by atoms with E-state index in [4.69, 9.17) is 0 Å². The van der Waals surface area contributed by atoms with E-state index >= 15 is 0 Å². The summed E-state index contributed by atoms with van der Waals surface area (Å²) in [5.41, 5.74) is 2.55. The van der Waals surface area contributed by atoms with Gasteiger partial charge < -0.3 is 5.32 Å². The molecule has 0 saturated heterocycles. The number of nitrogens with zero attached hydrogens (tertiary/aromatic N) is 3. The smallest absolute Gasteiger partial charge is 0.328 e. The van der Waals surface area contributed by atoms with Gasteiger partial charge in [-0.15, -0.1) is 0 Å². The molecule has 8 heteroatoms. The zero-order valence-corrected chi connectivity index (χ0v) is 14.0. The molecule has 128 valence electrons. The zero-order valence-electron chi connectivity index (χ0n) is 14.0. The third-order valence-corrected chi connectivity index (χ3v) is 4.48. The van der Waals surface area contributed by atoms with Crippen molar-refractivity contribution in [1.82, 2.24) is 24.6 Å². The molecule has 1 atom stereocenters. The number of hydrogen-bond acceptors (Lipinski definition) is 4. The first-order valence-electron chi connectivity index (χ1n) is 7.99. The molecule has 0 aliphatic heterocycles. The lowest BCUT2D eigenvalue weighted by molar-refractivity contribution is -0.122. The predicted molar refractivity (Wildman–Crippen MR) is 87.8 cm³/mol. The summed E-state index contributed by atoms with van der Waals surface area (Å²) in [6.07, 6.45) is 4.19. The van der Waals surface area contributed by atoms with E-state index in [2.05, 4.69) is 15.4 Å². The van der Waals surface area contributed by atoms with Crippen molar-refractivity contribution >= 4 is 5.91 Å². The van der Waals surface area contributed by atoms with Gasteiger partial charge in [0.2, 0.25) is 5.91 Å². The molecule has 0 fully saturated rings. The van der Waals surface area contributed by atoms with Gasteiger partial charge in [0.25, 0.3) is 5.56 Å². The second kappa shape index (κ2) is 6.10. The second-order valence-electron chi connectivity index (χ2n) is 6.28. The number of aryl methyl sites for hydroxylation is 3. The summed E-state index contributed by atoms with van der Waals surface area (Å²) in [7, 11) is 1.92. The summed E-state index contributed by atoms with van der Waals surface area (Å²) in [6, 6.07) is -0.0884. The number of nitrogens with one attached hydrogen (secondary N) is 2. The third kappa shape index (κ3) is 2.91. The lowest BCUT2D eigenvalue weighted by Crippen LogP contribution is -2.38. The van der Waals surface area contributed by atoms with Gasteiger partial charge in [-0.2, -0.15) is 5.10 Å². The second-order valence-corrected chi connectivity index (χ2v) is 6.28. The summed E-state index contributed by atoms with van der Waals surface area (Å²) < 4.78 is 3.09. The van der Waals surface area contributed by atoms with E-state index in [-0.39, 0.29) is 18.5 Å². The van der Waals surface area contributed by atoms with Crippen molar-refractivity contribution in [2.45, 2.75) is 45.7 Å². The summed E-state index contributed by atoms with van der Waals surface area (Å²) in [4.78, 5) is 37.8. The number of aromatic nitrogens is 4. The maximum absolute atomic E-state index is 12.4. The topological polar surface area (TPSA) is 102 Å². The minimum atomic E-state index is -0.581. The summed E-state index contributed by atoms with van der Waals surface area (Å²) in [5, 5.41) is 7.44. The molecule has 0 radical (unpaired) electrons. The van der Waals surface area contributed by atoms with Crippen LogP contribution < -0.4 is 16.6 Å². The number of carbonyl (C=O) groups excluding carboxylic acids is 1. The molecule has 0 spiro atoms. The monoisotopic (exact) mass is 331 g/mol. The molecule has 0 bridgehead atoms. The van der Waals surface area contributed by atoms with Crippen LogP contribution in [0.2, 0.25) is 0 Å². The fourth-order valence-corrected chi connectivity index (χ4v) is 3.37. The minimum absolute atomic E-state index is 0.0884. The van der Waals surface area contributed by atoms with Gasteiger partial charge in [0, 0.05) is 30.1 Å². The highest BCUT2D eigenvalue weighted by molar-refractivity contribution is 5.76. The van der Waals surface area contributed by atoms with Gasteiger partial charge >= 0.3 is 5.69 Å². The Hall–Kier alpha value is -2.64. The van der Waals surface area contributed by atoms with Crippen LogP contribution in [0.4, 0.5) is 0 Å². The van der Waals surface area contributed by atoms with Crippen LogP contribution in [0.25, 0.3) is 0 Å². The standard InChI is InChI=1S/C16H21N5O3/c1-9-7-21(16(24)18-15(9)23)8-13(22)17-11-5-4-6-12-14(11)10(2)19-20(12)3/h7,11H,4-6,8H2,1-3H3,(H,17,22)(H,18,23,24). The van der Waals surface area contributed by atoms with Crippen LogP contribution in [0.1, 0.15) is 41.4 Å². The van der Waals surface area contributed by atoms with Crippen molar-refractivity contribution in [2.75, 3.05) is 0 Å². The summed E-state index contributed by atoms with van der Waals surface area (Å²) in [6.45, 7) is 3.42. The van der Waals surface area contributed by atoms with Crippen molar-refractivity contribution < 1.29 is 4.79 Å². The summed E-state index contributed by atoms with van der Waals surface area (Å²) in [5.74, 6) is -0.260. The number of H-pyrrole nitrogens is 1. The molecular formula is C16H21N5O3. The molecule has 2 N–H and O–H groups in total. The Morgan fingerprint density at radius 2 is 2.17 bits per heavy atom. The van der Waals surface area contributed by atoms with E-state index in [0.29, 0.717) is 5.56 Å². The first-order valence-corrected chi connectivity index (χ1v) is 7.99. The number of hydrogen-bond donors (Lipinski definition) is 2. The van der Waals surface area contributed by atoms with Crippen LogP contribution in [0.3, 0.4) is 0 Å². The summed E-state index contributed by atoms with van der Waals surface area (Å²) >= 11 is 0. The third-order valence-electron chi connectivity index (χ3n) is 4.48. The van der Waals surface area contributed by atoms with E-state index in [1.807, 2.05) is 18.7 Å². The van der Waals surface area contributed by atoms with Crippen molar-refractivity contribution in [3.05, 3.63) is 49.5 Å². The highest BCUT2D eigenvalue weighted by Crippen LogP contribution is 2.31. The molecule has 1 unspecified atom stereocenters. The Morgan fingerprint density at radius 3 is 2.92 bits per heavy atom. The number of rotatable bonds is 3. The molecule has 0 aromatic carbocycles. The quantitative estimate of drug-likeness (QED) is 0.831. The number of fused-ring (bicyclic) bond motifs is 1. The van der Waals surface area contributed by atoms with Crippen LogP contribution in [0.5, 0.6) is 0 Å². The molecule has 2 heterocycles. The Kier molecular flexibility index (Phi) is 4.13. The van der Waals surface area contributed by atoms with Gasteiger partial charge in [-0.3, -0.25) is 23.8 Å². The Labute approximate surface area is 138 Å². The number of carbonyl (C=O) groups is 1. The predicted octanol–water partition coefficient (Wildman–Crippen LogP) is 0.0807. The average molecular weight is 331 g/mol. The highest BCUT2D eigenvalue weighted by Gasteiger charge is 2.27. The van der Waals surface area contributed by atoms with Crippen LogP contribution in [0.15, 0.2) is 15.8 Å². The first kappa shape index (κ1) is 16.2. The lowest BCUT2D eigenvalue weighted by atomic mass is 9.91. The number of amides is 1. The van der Waals surface area contributed by atoms with E-state index in [9.17, 15) is 14.4 Å². The van der Waals surface area contributed by atoms with E-state index in [1.165, 1.54) is 10.8 Å². The van der Waals surface area contributed by atoms with Crippen LogP contribution >= 0.6 is 0 Å². The maximum atomic E-state index is 12.4. The molecule has 2 aromatic heterocycles. The van der Waals surface area contributed by atoms with Crippen molar-refractivity contribution in [3.63, 3.8) is 0 Å². The molecule has 0 saturated carbocycles. The minimum Gasteiger partial charge on any atom is -0.348 e. The molecule has 1 amide bonds. The van der Waals surface area contributed by atoms with Crippen LogP contribution in [0, 0.1) is 13.8 Å². The molecule has 2 aromatic rings. The lowest BCUT2D eigenvalue weighted by Gasteiger charge is -2.24. The van der Waals surface area contributed by atoms with Crippen molar-refractivity contribution in [2.24, 2.45) is 7.05 Å². The molecule has 8 nitrogen and oxygen atoms in total.